The van der Waals surface area contributed by atoms with Crippen molar-refractivity contribution in [1.82, 2.24) is 14.7 Å². The van der Waals surface area contributed by atoms with Crippen LogP contribution >= 0.6 is 0 Å². The Morgan fingerprint density at radius 1 is 0.773 bits per heavy atom. The van der Waals surface area contributed by atoms with Crippen LogP contribution in [0.4, 0.5) is 11.8 Å². The van der Waals surface area contributed by atoms with Gasteiger partial charge in [0, 0.05) is 25.0 Å². The molecule has 1 aliphatic carbocycles. The molecule has 8 nitrogen and oxygen atoms in total. The number of nitrogens with zero attached hydrogens (tertiary/aromatic N) is 2. The van der Waals surface area contributed by atoms with Crippen LogP contribution in [0.5, 0.6) is 5.75 Å². The zero-order valence-corrected chi connectivity index (χ0v) is 25.8. The lowest BCUT2D eigenvalue weighted by Crippen LogP contribution is -2.32. The number of hydrogen-bond donors (Lipinski definition) is 3. The van der Waals surface area contributed by atoms with Crippen LogP contribution in [0.2, 0.25) is 0 Å². The van der Waals surface area contributed by atoms with Gasteiger partial charge < -0.3 is 15.4 Å². The van der Waals surface area contributed by atoms with Crippen LogP contribution in [0.15, 0.2) is 95.9 Å². The van der Waals surface area contributed by atoms with E-state index in [4.69, 9.17) is 14.7 Å². The fourth-order valence-corrected chi connectivity index (χ4v) is 7.08. The van der Waals surface area contributed by atoms with Crippen LogP contribution in [0.3, 0.4) is 0 Å². The van der Waals surface area contributed by atoms with Gasteiger partial charge >= 0.3 is 0 Å². The molecule has 0 saturated heterocycles. The van der Waals surface area contributed by atoms with Crippen molar-refractivity contribution in [2.24, 2.45) is 11.8 Å². The molecule has 1 saturated carbocycles. The molecule has 0 aliphatic heterocycles. The summed E-state index contributed by atoms with van der Waals surface area (Å²) in [6.07, 6.45) is 4.92. The lowest BCUT2D eigenvalue weighted by molar-refractivity contribution is 0.284. The van der Waals surface area contributed by atoms with Crippen molar-refractivity contribution in [2.45, 2.75) is 37.0 Å². The van der Waals surface area contributed by atoms with Crippen molar-refractivity contribution < 1.29 is 13.2 Å². The Morgan fingerprint density at radius 3 is 2.25 bits per heavy atom. The van der Waals surface area contributed by atoms with Crippen LogP contribution in [-0.2, 0) is 16.4 Å². The van der Waals surface area contributed by atoms with E-state index in [0.29, 0.717) is 29.2 Å². The molecule has 228 valence electrons. The van der Waals surface area contributed by atoms with E-state index in [9.17, 15) is 8.42 Å². The lowest BCUT2D eigenvalue weighted by atomic mass is 9.82. The summed E-state index contributed by atoms with van der Waals surface area (Å²) < 4.78 is 34.1. The summed E-state index contributed by atoms with van der Waals surface area (Å²) in [5.41, 5.74) is 2.13. The average molecular weight is 610 g/mol. The minimum atomic E-state index is -3.55. The van der Waals surface area contributed by atoms with E-state index in [1.54, 1.807) is 19.2 Å². The standard InChI is InChI=1S/C35H39N5O3S/c1-43-30-17-14-25(15-18-30)20-21-36-34-32-8-4-5-9-33(32)39-35(40-34)37-23-26-10-12-27(13-11-26)24-38-44(41,42)31-19-16-28-6-2-3-7-29(28)22-31/h2-9,14-19,22,26-27,38H,10-13,20-21,23-24H2,1H3,(H2,36,37,39,40)/t26-,27-. The third-order valence-electron chi connectivity index (χ3n) is 8.58. The summed E-state index contributed by atoms with van der Waals surface area (Å²) in [6, 6.07) is 29.3. The van der Waals surface area contributed by atoms with E-state index < -0.39 is 10.0 Å². The fourth-order valence-electron chi connectivity index (χ4n) is 5.93. The zero-order chi connectivity index (χ0) is 30.4. The van der Waals surface area contributed by atoms with E-state index >= 15 is 0 Å². The SMILES string of the molecule is COc1ccc(CCNc2nc(NC[C@H]3CC[C@H](CNS(=O)(=O)c4ccc5ccccc5c4)CC3)nc3ccccc23)cc1. The van der Waals surface area contributed by atoms with Gasteiger partial charge in [-0.3, -0.25) is 0 Å². The van der Waals surface area contributed by atoms with E-state index in [1.807, 2.05) is 66.7 Å². The molecule has 0 atom stereocenters. The molecule has 0 bridgehead atoms. The number of sulfonamides is 1. The molecule has 0 radical (unpaired) electrons. The van der Waals surface area contributed by atoms with Gasteiger partial charge in [0.05, 0.1) is 17.5 Å². The first-order valence-corrected chi connectivity index (χ1v) is 16.8. The van der Waals surface area contributed by atoms with Crippen LogP contribution in [0, 0.1) is 11.8 Å². The molecule has 1 fully saturated rings. The summed E-state index contributed by atoms with van der Waals surface area (Å²) in [5, 5.41) is 9.96. The van der Waals surface area contributed by atoms with Crippen LogP contribution < -0.4 is 20.1 Å². The molecule has 6 rings (SSSR count). The maximum absolute atomic E-state index is 13.0. The molecular weight excluding hydrogens is 570 g/mol. The first kappa shape index (κ1) is 29.8. The number of methoxy groups -OCH3 is 1. The highest BCUT2D eigenvalue weighted by atomic mass is 32.2. The maximum Gasteiger partial charge on any atom is 0.240 e. The number of anilines is 2. The second-order valence-electron chi connectivity index (χ2n) is 11.6. The van der Waals surface area contributed by atoms with E-state index in [0.717, 1.165) is 78.4 Å². The topological polar surface area (TPSA) is 105 Å². The molecular formula is C35H39N5O3S. The maximum atomic E-state index is 13.0. The zero-order valence-electron chi connectivity index (χ0n) is 25.0. The molecule has 4 aromatic carbocycles. The summed E-state index contributed by atoms with van der Waals surface area (Å²) in [6.45, 7) is 2.01. The van der Waals surface area contributed by atoms with Crippen molar-refractivity contribution in [3.05, 3.63) is 96.6 Å². The number of aromatic nitrogens is 2. The van der Waals surface area contributed by atoms with Crippen LogP contribution in [0.1, 0.15) is 31.2 Å². The van der Waals surface area contributed by atoms with Crippen molar-refractivity contribution in [1.29, 1.82) is 0 Å². The summed E-state index contributed by atoms with van der Waals surface area (Å²) in [7, 11) is -1.87. The van der Waals surface area contributed by atoms with Gasteiger partial charge in [-0.15, -0.1) is 0 Å². The minimum absolute atomic E-state index is 0.319. The summed E-state index contributed by atoms with van der Waals surface area (Å²) in [5.74, 6) is 3.13. The highest BCUT2D eigenvalue weighted by Crippen LogP contribution is 2.30. The van der Waals surface area contributed by atoms with Gasteiger partial charge in [-0.05, 0) is 96.7 Å². The van der Waals surface area contributed by atoms with Crippen molar-refractivity contribution in [3.63, 3.8) is 0 Å². The second kappa shape index (κ2) is 13.6. The van der Waals surface area contributed by atoms with Crippen LogP contribution in [0.25, 0.3) is 21.7 Å². The van der Waals surface area contributed by atoms with Gasteiger partial charge in [-0.25, -0.2) is 18.1 Å². The van der Waals surface area contributed by atoms with Gasteiger partial charge in [0.25, 0.3) is 0 Å². The molecule has 1 aliphatic rings. The first-order valence-electron chi connectivity index (χ1n) is 15.3. The Labute approximate surface area is 259 Å². The van der Waals surface area contributed by atoms with Gasteiger partial charge in [-0.2, -0.15) is 4.98 Å². The Kier molecular flexibility index (Phi) is 9.23. The molecule has 0 spiro atoms. The van der Waals surface area contributed by atoms with Gasteiger partial charge in [0.15, 0.2) is 0 Å². The van der Waals surface area contributed by atoms with Crippen molar-refractivity contribution in [2.75, 3.05) is 37.4 Å². The largest absolute Gasteiger partial charge is 0.497 e. The third-order valence-corrected chi connectivity index (χ3v) is 10.00. The number of ether oxygens (including phenoxy) is 1. The average Bonchev–Trinajstić information content (AvgIpc) is 3.07. The van der Waals surface area contributed by atoms with Crippen LogP contribution in [-0.4, -0.2) is 45.1 Å². The quantitative estimate of drug-likeness (QED) is 0.146. The first-order chi connectivity index (χ1) is 21.5. The summed E-state index contributed by atoms with van der Waals surface area (Å²) in [4.78, 5) is 9.92. The lowest BCUT2D eigenvalue weighted by Gasteiger charge is -2.28. The molecule has 1 aromatic heterocycles. The number of nitrogens with one attached hydrogen (secondary N) is 3. The number of para-hydroxylation sites is 1. The van der Waals surface area contributed by atoms with Crippen molar-refractivity contribution >= 4 is 43.5 Å². The normalized spacial score (nSPS) is 17.0. The van der Waals surface area contributed by atoms with E-state index in [2.05, 4.69) is 27.5 Å². The van der Waals surface area contributed by atoms with Crippen molar-refractivity contribution in [3.8, 4) is 5.75 Å². The highest BCUT2D eigenvalue weighted by molar-refractivity contribution is 7.89. The molecule has 5 aromatic rings. The van der Waals surface area contributed by atoms with E-state index in [1.165, 1.54) is 5.56 Å². The Morgan fingerprint density at radius 2 is 1.48 bits per heavy atom. The minimum Gasteiger partial charge on any atom is -0.497 e. The smallest absolute Gasteiger partial charge is 0.240 e. The molecule has 44 heavy (non-hydrogen) atoms. The highest BCUT2D eigenvalue weighted by Gasteiger charge is 2.24. The Balaban J connectivity index is 0.999. The van der Waals surface area contributed by atoms with Gasteiger partial charge in [0.2, 0.25) is 16.0 Å². The van der Waals surface area contributed by atoms with Gasteiger partial charge in [0.1, 0.15) is 11.6 Å². The Hall–Kier alpha value is -4.21. The van der Waals surface area contributed by atoms with Gasteiger partial charge in [-0.1, -0.05) is 54.6 Å². The molecule has 0 unspecified atom stereocenters. The molecule has 3 N–H and O–H groups in total. The third kappa shape index (κ3) is 7.29. The summed E-state index contributed by atoms with van der Waals surface area (Å²) >= 11 is 0. The molecule has 0 amide bonds. The predicted molar refractivity (Wildman–Crippen MR) is 178 cm³/mol. The fraction of sp³-hybridized carbons (Fsp3) is 0.314. The second-order valence-corrected chi connectivity index (χ2v) is 13.3. The number of rotatable bonds is 12. The van der Waals surface area contributed by atoms with E-state index in [-0.39, 0.29) is 0 Å². The Bertz CT molecular complexity index is 1820. The molecule has 9 heteroatoms. The number of fused-ring (bicyclic) bond motifs is 2. The number of benzene rings is 4. The predicted octanol–water partition coefficient (Wildman–Crippen LogP) is 6.64. The molecule has 1 heterocycles. The monoisotopic (exact) mass is 609 g/mol. The number of hydrogen-bond acceptors (Lipinski definition) is 7.